The van der Waals surface area contributed by atoms with Gasteiger partial charge < -0.3 is 4.98 Å². The molecule has 0 bridgehead atoms. The predicted octanol–water partition coefficient (Wildman–Crippen LogP) is 6.29. The average Bonchev–Trinajstić information content (AvgIpc) is 2.82. The van der Waals surface area contributed by atoms with E-state index >= 15 is 0 Å². The van der Waals surface area contributed by atoms with Crippen molar-refractivity contribution in [2.45, 2.75) is 41.5 Å². The first-order valence-electron chi connectivity index (χ1n) is 7.23. The average molecular weight is 257 g/mol. The molecule has 0 aliphatic carbocycles. The van der Waals surface area contributed by atoms with Crippen molar-refractivity contribution < 1.29 is 0 Å². The Morgan fingerprint density at radius 3 is 2.00 bits per heavy atom. The molecule has 0 aliphatic rings. The molecule has 0 unspecified atom stereocenters. The van der Waals surface area contributed by atoms with Gasteiger partial charge in [-0.2, -0.15) is 0 Å². The van der Waals surface area contributed by atoms with Crippen LogP contribution in [-0.2, 0) is 0 Å². The molecule has 1 N–H and O–H groups in total. The van der Waals surface area contributed by atoms with Gasteiger partial charge in [-0.1, -0.05) is 64.1 Å². The van der Waals surface area contributed by atoms with E-state index in [1.165, 1.54) is 22.2 Å². The standard InChI is InChI=1S/C14H15N.2C2H6/c1-3-7-11-12-9-5-6-10-14(12)15-13(11)8-4-2;2*1-2/h3-10,15H,1-2H3;2*1-2H3/b7-3-,8-4-;;. The van der Waals surface area contributed by atoms with Crippen molar-refractivity contribution in [3.8, 4) is 0 Å². The van der Waals surface area contributed by atoms with E-state index in [1.54, 1.807) is 0 Å². The van der Waals surface area contributed by atoms with Crippen LogP contribution < -0.4 is 0 Å². The molecule has 1 aromatic carbocycles. The van der Waals surface area contributed by atoms with Gasteiger partial charge in [-0.05, 0) is 26.0 Å². The lowest BCUT2D eigenvalue weighted by Crippen LogP contribution is -1.74. The zero-order chi connectivity index (χ0) is 14.7. The van der Waals surface area contributed by atoms with Gasteiger partial charge >= 0.3 is 0 Å². The van der Waals surface area contributed by atoms with Gasteiger partial charge in [0.05, 0.1) is 0 Å². The zero-order valence-corrected chi connectivity index (χ0v) is 13.1. The maximum atomic E-state index is 3.41. The van der Waals surface area contributed by atoms with Crippen LogP contribution in [0.4, 0.5) is 0 Å². The second-order valence-electron chi connectivity index (χ2n) is 3.50. The summed E-state index contributed by atoms with van der Waals surface area (Å²) >= 11 is 0. The van der Waals surface area contributed by atoms with Gasteiger partial charge in [0.2, 0.25) is 0 Å². The summed E-state index contributed by atoms with van der Waals surface area (Å²) < 4.78 is 0. The third kappa shape index (κ3) is 4.44. The molecule has 104 valence electrons. The van der Waals surface area contributed by atoms with E-state index in [0.717, 1.165) is 0 Å². The number of rotatable bonds is 2. The minimum absolute atomic E-state index is 1.18. The number of H-pyrrole nitrogens is 1. The van der Waals surface area contributed by atoms with E-state index in [0.29, 0.717) is 0 Å². The Kier molecular flexibility index (Phi) is 9.25. The Labute approximate surface area is 118 Å². The lowest BCUT2D eigenvalue weighted by molar-refractivity contribution is 1.42. The van der Waals surface area contributed by atoms with Crippen LogP contribution in [0.3, 0.4) is 0 Å². The Balaban J connectivity index is 0.000000741. The van der Waals surface area contributed by atoms with Gasteiger partial charge in [0, 0.05) is 22.2 Å². The molecular weight excluding hydrogens is 230 g/mol. The number of fused-ring (bicyclic) bond motifs is 1. The number of hydrogen-bond donors (Lipinski definition) is 1. The molecule has 0 atom stereocenters. The van der Waals surface area contributed by atoms with Gasteiger partial charge in [-0.15, -0.1) is 0 Å². The van der Waals surface area contributed by atoms with Crippen molar-refractivity contribution in [1.82, 2.24) is 4.98 Å². The van der Waals surface area contributed by atoms with Crippen LogP contribution in [0.2, 0.25) is 0 Å². The van der Waals surface area contributed by atoms with E-state index in [2.05, 4.69) is 53.6 Å². The Hall–Kier alpha value is -1.76. The summed E-state index contributed by atoms with van der Waals surface area (Å²) in [6.45, 7) is 12.1. The third-order valence-corrected chi connectivity index (χ3v) is 2.44. The molecule has 0 spiro atoms. The summed E-state index contributed by atoms with van der Waals surface area (Å²) in [5.74, 6) is 0. The molecular formula is C18H27N. The number of hydrogen-bond acceptors (Lipinski definition) is 0. The SMILES string of the molecule is C/C=C\c1[nH]c2ccccc2c1/C=C\C.CC.CC. The number of nitrogens with one attached hydrogen (secondary N) is 1. The Morgan fingerprint density at radius 1 is 0.842 bits per heavy atom. The van der Waals surface area contributed by atoms with Gasteiger partial charge in [0.1, 0.15) is 0 Å². The van der Waals surface area contributed by atoms with Crippen LogP contribution in [0.1, 0.15) is 52.8 Å². The summed E-state index contributed by atoms with van der Waals surface area (Å²) in [5.41, 5.74) is 3.64. The smallest absolute Gasteiger partial charge is 0.0464 e. The molecule has 1 heterocycles. The highest BCUT2D eigenvalue weighted by Crippen LogP contribution is 2.24. The Bertz CT molecular complexity index is 515. The van der Waals surface area contributed by atoms with Crippen LogP contribution in [-0.4, -0.2) is 4.98 Å². The predicted molar refractivity (Wildman–Crippen MR) is 90.4 cm³/mol. The van der Waals surface area contributed by atoms with Crippen molar-refractivity contribution in [3.05, 3.63) is 47.7 Å². The van der Waals surface area contributed by atoms with Gasteiger partial charge in [0.25, 0.3) is 0 Å². The van der Waals surface area contributed by atoms with Crippen molar-refractivity contribution in [2.75, 3.05) is 0 Å². The second-order valence-corrected chi connectivity index (χ2v) is 3.50. The minimum Gasteiger partial charge on any atom is -0.355 e. The molecule has 0 saturated carbocycles. The van der Waals surface area contributed by atoms with E-state index < -0.39 is 0 Å². The molecule has 0 saturated heterocycles. The molecule has 1 aromatic heterocycles. The lowest BCUT2D eigenvalue weighted by Gasteiger charge is -1.92. The van der Waals surface area contributed by atoms with E-state index in [9.17, 15) is 0 Å². The maximum absolute atomic E-state index is 3.41. The maximum Gasteiger partial charge on any atom is 0.0464 e. The lowest BCUT2D eigenvalue weighted by atomic mass is 10.1. The first kappa shape index (κ1) is 17.2. The van der Waals surface area contributed by atoms with Crippen LogP contribution in [0.5, 0.6) is 0 Å². The number of allylic oxidation sites excluding steroid dienone is 2. The molecule has 0 radical (unpaired) electrons. The zero-order valence-electron chi connectivity index (χ0n) is 13.1. The summed E-state index contributed by atoms with van der Waals surface area (Å²) in [6, 6.07) is 8.38. The van der Waals surface area contributed by atoms with Crippen LogP contribution in [0.15, 0.2) is 36.4 Å². The number of aromatic amines is 1. The van der Waals surface area contributed by atoms with Crippen LogP contribution >= 0.6 is 0 Å². The molecule has 0 amide bonds. The molecule has 2 rings (SSSR count). The fourth-order valence-electron chi connectivity index (χ4n) is 1.83. The quantitative estimate of drug-likeness (QED) is 0.651. The molecule has 2 aromatic rings. The number of aromatic nitrogens is 1. The highest BCUT2D eigenvalue weighted by Gasteiger charge is 2.04. The summed E-state index contributed by atoms with van der Waals surface area (Å²) in [4.78, 5) is 3.41. The number of benzene rings is 1. The highest BCUT2D eigenvalue weighted by atomic mass is 14.7. The van der Waals surface area contributed by atoms with Crippen molar-refractivity contribution in [1.29, 1.82) is 0 Å². The molecule has 1 heteroatoms. The van der Waals surface area contributed by atoms with E-state index in [-0.39, 0.29) is 0 Å². The summed E-state index contributed by atoms with van der Waals surface area (Å²) in [5, 5.41) is 1.28. The molecule has 19 heavy (non-hydrogen) atoms. The highest BCUT2D eigenvalue weighted by molar-refractivity contribution is 5.93. The third-order valence-electron chi connectivity index (χ3n) is 2.44. The molecule has 0 fully saturated rings. The second kappa shape index (κ2) is 10.2. The van der Waals surface area contributed by atoms with Crippen LogP contribution in [0.25, 0.3) is 23.1 Å². The van der Waals surface area contributed by atoms with Crippen molar-refractivity contribution in [3.63, 3.8) is 0 Å². The Morgan fingerprint density at radius 2 is 1.42 bits per heavy atom. The fraction of sp³-hybridized carbons (Fsp3) is 0.333. The normalized spacial score (nSPS) is 10.2. The van der Waals surface area contributed by atoms with Crippen molar-refractivity contribution in [2.24, 2.45) is 0 Å². The van der Waals surface area contributed by atoms with Gasteiger partial charge in [-0.3, -0.25) is 0 Å². The van der Waals surface area contributed by atoms with Crippen LogP contribution in [0, 0.1) is 0 Å². The summed E-state index contributed by atoms with van der Waals surface area (Å²) in [7, 11) is 0. The van der Waals surface area contributed by atoms with E-state index in [1.807, 2.05) is 41.5 Å². The first-order valence-corrected chi connectivity index (χ1v) is 7.23. The van der Waals surface area contributed by atoms with Crippen molar-refractivity contribution >= 4 is 23.1 Å². The van der Waals surface area contributed by atoms with Gasteiger partial charge in [-0.25, -0.2) is 0 Å². The molecule has 1 nitrogen and oxygen atoms in total. The largest absolute Gasteiger partial charge is 0.355 e. The first-order chi connectivity index (χ1) is 9.36. The minimum atomic E-state index is 1.18. The summed E-state index contributed by atoms with van der Waals surface area (Å²) in [6.07, 6.45) is 8.38. The monoisotopic (exact) mass is 257 g/mol. The fourth-order valence-corrected chi connectivity index (χ4v) is 1.83. The molecule has 0 aliphatic heterocycles. The number of para-hydroxylation sites is 1. The topological polar surface area (TPSA) is 15.8 Å². The van der Waals surface area contributed by atoms with E-state index in [4.69, 9.17) is 0 Å². The van der Waals surface area contributed by atoms with Gasteiger partial charge in [0.15, 0.2) is 0 Å².